The molecule has 0 radical (unpaired) electrons. The Hall–Kier alpha value is -1.84. The summed E-state index contributed by atoms with van der Waals surface area (Å²) in [6.45, 7) is 4.12. The number of primary amides is 1. The predicted octanol–water partition coefficient (Wildman–Crippen LogP) is 0.560. The first kappa shape index (κ1) is 17.5. The first-order valence-electron chi connectivity index (χ1n) is 7.14. The number of nitrogens with two attached hydrogens (primary N) is 1. The number of anilines is 1. The van der Waals surface area contributed by atoms with Gasteiger partial charge in [-0.05, 0) is 32.0 Å². The highest BCUT2D eigenvalue weighted by Crippen LogP contribution is 2.27. The summed E-state index contributed by atoms with van der Waals surface area (Å²) in [4.78, 5) is 11.3. The number of hydrogen-bond donors (Lipinski definition) is 2. The van der Waals surface area contributed by atoms with E-state index < -0.39 is 16.1 Å². The minimum Gasteiger partial charge on any atom is -0.495 e. The highest BCUT2D eigenvalue weighted by atomic mass is 32.2. The zero-order valence-electron chi connectivity index (χ0n) is 13.3. The molecule has 1 amide bonds. The Bertz CT molecular complexity index is 682. The van der Waals surface area contributed by atoms with Crippen molar-refractivity contribution < 1.29 is 22.7 Å². The summed E-state index contributed by atoms with van der Waals surface area (Å²) in [6, 6.07) is 4.31. The SMILES string of the molecule is COc1ccc(C(N)=O)cc1NS(=O)(=O)N1C[C@@H](C)O[C@H](C)C1. The Labute approximate surface area is 135 Å². The van der Waals surface area contributed by atoms with Crippen molar-refractivity contribution in [3.63, 3.8) is 0 Å². The molecule has 1 heterocycles. The molecule has 1 fully saturated rings. The Balaban J connectivity index is 2.29. The molecule has 23 heavy (non-hydrogen) atoms. The van der Waals surface area contributed by atoms with Gasteiger partial charge in [0.15, 0.2) is 0 Å². The van der Waals surface area contributed by atoms with Crippen molar-refractivity contribution in [3.05, 3.63) is 23.8 Å². The van der Waals surface area contributed by atoms with Crippen molar-refractivity contribution in [1.82, 2.24) is 4.31 Å². The number of ether oxygens (including phenoxy) is 2. The quantitative estimate of drug-likeness (QED) is 0.811. The molecule has 0 saturated carbocycles. The van der Waals surface area contributed by atoms with E-state index >= 15 is 0 Å². The number of amides is 1. The number of nitrogens with zero attached hydrogens (tertiary/aromatic N) is 1. The number of rotatable bonds is 5. The molecule has 1 aromatic rings. The summed E-state index contributed by atoms with van der Waals surface area (Å²) >= 11 is 0. The van der Waals surface area contributed by atoms with Gasteiger partial charge < -0.3 is 15.2 Å². The maximum absolute atomic E-state index is 12.6. The van der Waals surface area contributed by atoms with Gasteiger partial charge in [0, 0.05) is 18.7 Å². The van der Waals surface area contributed by atoms with Gasteiger partial charge in [0.25, 0.3) is 0 Å². The maximum atomic E-state index is 12.6. The smallest absolute Gasteiger partial charge is 0.301 e. The molecule has 0 aromatic heterocycles. The fraction of sp³-hybridized carbons (Fsp3) is 0.500. The van der Waals surface area contributed by atoms with Crippen LogP contribution >= 0.6 is 0 Å². The van der Waals surface area contributed by atoms with Crippen LogP contribution in [0.4, 0.5) is 5.69 Å². The average Bonchev–Trinajstić information content (AvgIpc) is 2.45. The van der Waals surface area contributed by atoms with Crippen LogP contribution in [0.5, 0.6) is 5.75 Å². The summed E-state index contributed by atoms with van der Waals surface area (Å²) < 4.78 is 39.6. The van der Waals surface area contributed by atoms with Crippen molar-refractivity contribution in [2.45, 2.75) is 26.1 Å². The fourth-order valence-corrected chi connectivity index (χ4v) is 3.85. The second-order valence-corrected chi connectivity index (χ2v) is 7.13. The van der Waals surface area contributed by atoms with Gasteiger partial charge in [0.1, 0.15) is 5.75 Å². The van der Waals surface area contributed by atoms with E-state index in [1.807, 2.05) is 13.8 Å². The Kier molecular flexibility index (Phi) is 5.12. The summed E-state index contributed by atoms with van der Waals surface area (Å²) in [5.41, 5.74) is 5.58. The van der Waals surface area contributed by atoms with Gasteiger partial charge in [-0.2, -0.15) is 12.7 Å². The summed E-state index contributed by atoms with van der Waals surface area (Å²) in [5, 5.41) is 0. The molecule has 1 aliphatic rings. The summed E-state index contributed by atoms with van der Waals surface area (Å²) in [6.07, 6.45) is -0.400. The topological polar surface area (TPSA) is 111 Å². The fourth-order valence-electron chi connectivity index (χ4n) is 2.47. The van der Waals surface area contributed by atoms with E-state index in [2.05, 4.69) is 4.72 Å². The molecule has 1 aliphatic heterocycles. The minimum atomic E-state index is -3.81. The van der Waals surface area contributed by atoms with E-state index in [9.17, 15) is 13.2 Å². The predicted molar refractivity (Wildman–Crippen MR) is 85.6 cm³/mol. The zero-order valence-corrected chi connectivity index (χ0v) is 14.1. The first-order valence-corrected chi connectivity index (χ1v) is 8.58. The van der Waals surface area contributed by atoms with Gasteiger partial charge in [-0.1, -0.05) is 0 Å². The largest absolute Gasteiger partial charge is 0.495 e. The van der Waals surface area contributed by atoms with Crippen LogP contribution in [0.25, 0.3) is 0 Å². The van der Waals surface area contributed by atoms with Gasteiger partial charge in [-0.3, -0.25) is 9.52 Å². The Morgan fingerprint density at radius 3 is 2.48 bits per heavy atom. The maximum Gasteiger partial charge on any atom is 0.301 e. The van der Waals surface area contributed by atoms with Crippen molar-refractivity contribution in [3.8, 4) is 5.75 Å². The molecule has 2 atom stereocenters. The number of carbonyl (C=O) groups is 1. The van der Waals surface area contributed by atoms with Crippen LogP contribution < -0.4 is 15.2 Å². The van der Waals surface area contributed by atoms with Crippen LogP contribution in [0.15, 0.2) is 18.2 Å². The van der Waals surface area contributed by atoms with Gasteiger partial charge in [-0.15, -0.1) is 0 Å². The molecule has 0 unspecified atom stereocenters. The van der Waals surface area contributed by atoms with Crippen molar-refractivity contribution in [2.75, 3.05) is 24.9 Å². The number of benzene rings is 1. The second kappa shape index (κ2) is 6.73. The highest BCUT2D eigenvalue weighted by Gasteiger charge is 2.31. The molecule has 1 saturated heterocycles. The second-order valence-electron chi connectivity index (χ2n) is 5.46. The molecule has 0 bridgehead atoms. The van der Waals surface area contributed by atoms with Gasteiger partial charge in [0.2, 0.25) is 5.91 Å². The van der Waals surface area contributed by atoms with E-state index in [-0.39, 0.29) is 36.5 Å². The van der Waals surface area contributed by atoms with Crippen LogP contribution in [0, 0.1) is 0 Å². The molecule has 0 aliphatic carbocycles. The third kappa shape index (κ3) is 4.12. The summed E-state index contributed by atoms with van der Waals surface area (Å²) in [5.74, 6) is -0.352. The third-order valence-corrected chi connectivity index (χ3v) is 4.90. The van der Waals surface area contributed by atoms with Gasteiger partial charge in [-0.25, -0.2) is 0 Å². The lowest BCUT2D eigenvalue weighted by Gasteiger charge is -2.34. The minimum absolute atomic E-state index is 0.163. The number of morpholine rings is 1. The van der Waals surface area contributed by atoms with E-state index in [0.29, 0.717) is 5.75 Å². The molecular weight excluding hydrogens is 322 g/mol. The van der Waals surface area contributed by atoms with Gasteiger partial charge in [0.05, 0.1) is 25.0 Å². The van der Waals surface area contributed by atoms with Gasteiger partial charge >= 0.3 is 10.2 Å². The molecule has 1 aromatic carbocycles. The van der Waals surface area contributed by atoms with Crippen molar-refractivity contribution in [2.24, 2.45) is 5.73 Å². The lowest BCUT2D eigenvalue weighted by Crippen LogP contribution is -2.49. The molecule has 3 N–H and O–H groups in total. The molecule has 9 heteroatoms. The van der Waals surface area contributed by atoms with Crippen LogP contribution in [-0.4, -0.2) is 51.0 Å². The van der Waals surface area contributed by atoms with Crippen LogP contribution in [0.3, 0.4) is 0 Å². The number of nitrogens with one attached hydrogen (secondary N) is 1. The highest BCUT2D eigenvalue weighted by molar-refractivity contribution is 7.90. The van der Waals surface area contributed by atoms with Crippen LogP contribution in [0.1, 0.15) is 24.2 Å². The average molecular weight is 343 g/mol. The van der Waals surface area contributed by atoms with E-state index in [4.69, 9.17) is 15.2 Å². The standard InChI is InChI=1S/C14H21N3O5S/c1-9-7-17(8-10(2)22-9)23(19,20)16-12-6-11(14(15)18)4-5-13(12)21-3/h4-6,9-10,16H,7-8H2,1-3H3,(H2,15,18)/t9-,10-/m1/s1. The van der Waals surface area contributed by atoms with E-state index in [1.165, 1.54) is 29.6 Å². The summed E-state index contributed by atoms with van der Waals surface area (Å²) in [7, 11) is -2.39. The monoisotopic (exact) mass is 343 g/mol. The third-order valence-electron chi connectivity index (χ3n) is 3.45. The van der Waals surface area contributed by atoms with E-state index in [0.717, 1.165) is 0 Å². The number of methoxy groups -OCH3 is 1. The van der Waals surface area contributed by atoms with Crippen LogP contribution in [0.2, 0.25) is 0 Å². The Morgan fingerprint density at radius 1 is 1.35 bits per heavy atom. The van der Waals surface area contributed by atoms with E-state index in [1.54, 1.807) is 0 Å². The first-order chi connectivity index (χ1) is 10.7. The number of hydrogen-bond acceptors (Lipinski definition) is 5. The molecule has 0 spiro atoms. The lowest BCUT2D eigenvalue weighted by molar-refractivity contribution is -0.0439. The normalized spacial score (nSPS) is 22.6. The Morgan fingerprint density at radius 2 is 1.96 bits per heavy atom. The zero-order chi connectivity index (χ0) is 17.2. The number of carbonyl (C=O) groups excluding carboxylic acids is 1. The molecule has 128 valence electrons. The molecular formula is C14H21N3O5S. The van der Waals surface area contributed by atoms with Crippen molar-refractivity contribution >= 4 is 21.8 Å². The van der Waals surface area contributed by atoms with Crippen molar-refractivity contribution in [1.29, 1.82) is 0 Å². The lowest BCUT2D eigenvalue weighted by atomic mass is 10.2. The molecule has 2 rings (SSSR count). The molecule has 8 nitrogen and oxygen atoms in total. The van der Waals surface area contributed by atoms with Crippen LogP contribution in [-0.2, 0) is 14.9 Å².